The van der Waals surface area contributed by atoms with E-state index in [0.29, 0.717) is 57.5 Å². The summed E-state index contributed by atoms with van der Waals surface area (Å²) in [5.74, 6) is 0.445. The lowest BCUT2D eigenvalue weighted by atomic mass is 9.82. The van der Waals surface area contributed by atoms with Crippen LogP contribution in [0, 0.1) is 17.8 Å². The van der Waals surface area contributed by atoms with Gasteiger partial charge in [-0.15, -0.1) is 11.3 Å². The summed E-state index contributed by atoms with van der Waals surface area (Å²) in [6, 6.07) is -0.579. The monoisotopic (exact) mass is 662 g/mol. The van der Waals surface area contributed by atoms with Crippen molar-refractivity contribution < 1.29 is 29.3 Å². The Morgan fingerprint density at radius 1 is 0.957 bits per heavy atom. The summed E-state index contributed by atoms with van der Waals surface area (Å²) in [5, 5.41) is 25.3. The van der Waals surface area contributed by atoms with Gasteiger partial charge in [0.15, 0.2) is 0 Å². The van der Waals surface area contributed by atoms with Crippen molar-refractivity contribution in [3.63, 3.8) is 0 Å². The zero-order chi connectivity index (χ0) is 32.9. The Labute approximate surface area is 279 Å². The molecular weight excluding hydrogens is 604 g/mol. The van der Waals surface area contributed by atoms with Crippen LogP contribution < -0.4 is 0 Å². The van der Waals surface area contributed by atoms with Gasteiger partial charge in [-0.05, 0) is 43.4 Å². The average Bonchev–Trinajstić information content (AvgIpc) is 3.59. The third-order valence-corrected chi connectivity index (χ3v) is 10.9. The number of aliphatic hydroxyl groups is 2. The van der Waals surface area contributed by atoms with Crippen LogP contribution in [-0.4, -0.2) is 105 Å². The van der Waals surface area contributed by atoms with Crippen molar-refractivity contribution >= 4 is 29.1 Å². The van der Waals surface area contributed by atoms with Crippen LogP contribution in [-0.2, 0) is 25.7 Å². The van der Waals surface area contributed by atoms with E-state index in [1.807, 2.05) is 19.2 Å². The molecule has 1 aliphatic heterocycles. The molecule has 1 aromatic rings. The second kappa shape index (κ2) is 19.1. The molecule has 3 fully saturated rings. The Balaban J connectivity index is 1.49. The van der Waals surface area contributed by atoms with E-state index in [1.165, 1.54) is 24.2 Å². The van der Waals surface area contributed by atoms with Crippen molar-refractivity contribution in [3.05, 3.63) is 16.6 Å². The van der Waals surface area contributed by atoms with Crippen LogP contribution in [0.1, 0.15) is 109 Å². The highest BCUT2D eigenvalue weighted by Crippen LogP contribution is 2.32. The number of aromatic nitrogens is 1. The van der Waals surface area contributed by atoms with Gasteiger partial charge in [0.05, 0.1) is 38.4 Å². The van der Waals surface area contributed by atoms with Gasteiger partial charge >= 0.3 is 0 Å². The van der Waals surface area contributed by atoms with Crippen LogP contribution in [0.15, 0.2) is 11.6 Å². The molecule has 46 heavy (non-hydrogen) atoms. The molecule has 260 valence electrons. The normalized spacial score (nSPS) is 20.3. The maximum atomic E-state index is 14.1. The van der Waals surface area contributed by atoms with Crippen molar-refractivity contribution in [1.82, 2.24) is 19.7 Å². The molecule has 4 rings (SSSR count). The number of ether oxygens (including phenoxy) is 1. The quantitative estimate of drug-likeness (QED) is 0.265. The highest BCUT2D eigenvalue weighted by atomic mass is 32.1. The van der Waals surface area contributed by atoms with Gasteiger partial charge in [0.1, 0.15) is 11.1 Å². The molecule has 2 N–H and O–H groups in total. The van der Waals surface area contributed by atoms with E-state index in [2.05, 4.69) is 4.98 Å². The number of hydrogen-bond donors (Lipinski definition) is 2. The Bertz CT molecular complexity index is 1050. The molecule has 2 aliphatic carbocycles. The molecule has 1 aromatic heterocycles. The number of thiazole rings is 1. The highest BCUT2D eigenvalue weighted by Gasteiger charge is 2.37. The van der Waals surface area contributed by atoms with Gasteiger partial charge in [0.25, 0.3) is 0 Å². The van der Waals surface area contributed by atoms with E-state index in [9.17, 15) is 24.6 Å². The lowest BCUT2D eigenvalue weighted by molar-refractivity contribution is -0.146. The largest absolute Gasteiger partial charge is 0.390 e. The number of amides is 3. The molecule has 0 spiro atoms. The van der Waals surface area contributed by atoms with Crippen molar-refractivity contribution in [2.75, 3.05) is 39.4 Å². The van der Waals surface area contributed by atoms with E-state index < -0.39 is 18.2 Å². The number of carbonyl (C=O) groups is 3. The van der Waals surface area contributed by atoms with Gasteiger partial charge in [-0.1, -0.05) is 65.2 Å². The molecular formula is C35H58N4O6S. The van der Waals surface area contributed by atoms with Crippen LogP contribution in [0.3, 0.4) is 0 Å². The second-order valence-electron chi connectivity index (χ2n) is 14.2. The first-order chi connectivity index (χ1) is 22.2. The third kappa shape index (κ3) is 11.6. The average molecular weight is 663 g/mol. The highest BCUT2D eigenvalue weighted by molar-refractivity contribution is 7.09. The van der Waals surface area contributed by atoms with Crippen molar-refractivity contribution in [3.8, 4) is 0 Å². The molecule has 0 unspecified atom stereocenters. The summed E-state index contributed by atoms with van der Waals surface area (Å²) >= 11 is 1.46. The molecule has 0 radical (unpaired) electrons. The van der Waals surface area contributed by atoms with Crippen molar-refractivity contribution in [2.45, 2.75) is 129 Å². The van der Waals surface area contributed by atoms with Gasteiger partial charge in [-0.2, -0.15) is 0 Å². The van der Waals surface area contributed by atoms with Crippen LogP contribution in [0.2, 0.25) is 0 Å². The first-order valence-electron chi connectivity index (χ1n) is 17.9. The van der Waals surface area contributed by atoms with E-state index >= 15 is 0 Å². The minimum atomic E-state index is -1.10. The van der Waals surface area contributed by atoms with E-state index in [4.69, 9.17) is 4.74 Å². The predicted molar refractivity (Wildman–Crippen MR) is 179 cm³/mol. The fourth-order valence-corrected chi connectivity index (χ4v) is 8.10. The first-order valence-corrected chi connectivity index (χ1v) is 18.8. The molecule has 3 atom stereocenters. The molecule has 0 bridgehead atoms. The standard InChI is InChI=1S/C35H58N4O6S/c1-26(2)21-30(40)35(44)29(22-27-9-5-3-6-10-27)39(24-31-36-15-20-46-31)33(42)14-13-32(41)38(23-28-11-7-4-8-12-28)25-34(43)37-16-18-45-19-17-37/h15,20,26-30,35,40,44H,3-14,16-19,21-25H2,1-2H3/t29-,30-,35+/m0/s1. The predicted octanol–water partition coefficient (Wildman–Crippen LogP) is 4.63. The summed E-state index contributed by atoms with van der Waals surface area (Å²) in [4.78, 5) is 50.7. The van der Waals surface area contributed by atoms with Gasteiger partial charge in [-0.3, -0.25) is 14.4 Å². The zero-order valence-corrected chi connectivity index (χ0v) is 29.0. The SMILES string of the molecule is CC(C)C[C@H](O)[C@H](O)[C@H](CC1CCCCC1)N(Cc1nccs1)C(=O)CCC(=O)N(CC(=O)N1CCOCC1)CC1CCCCC1. The number of rotatable bonds is 16. The van der Waals surface area contributed by atoms with E-state index in [-0.39, 0.29) is 49.6 Å². The lowest BCUT2D eigenvalue weighted by Gasteiger charge is -2.39. The molecule has 2 heterocycles. The molecule has 3 aliphatic rings. The van der Waals surface area contributed by atoms with Crippen LogP contribution in [0.25, 0.3) is 0 Å². The zero-order valence-electron chi connectivity index (χ0n) is 28.2. The summed E-state index contributed by atoms with van der Waals surface area (Å²) < 4.78 is 5.41. The molecule has 11 heteroatoms. The molecule has 2 saturated carbocycles. The Hall–Kier alpha value is -2.08. The van der Waals surface area contributed by atoms with Gasteiger partial charge in [0, 0.05) is 44.1 Å². The number of nitrogens with zero attached hydrogens (tertiary/aromatic N) is 4. The topological polar surface area (TPSA) is 124 Å². The first kappa shape index (κ1) is 36.8. The molecule has 3 amide bonds. The van der Waals surface area contributed by atoms with Crippen molar-refractivity contribution in [2.24, 2.45) is 17.8 Å². The van der Waals surface area contributed by atoms with Gasteiger partial charge < -0.3 is 29.6 Å². The van der Waals surface area contributed by atoms with E-state index in [1.54, 1.807) is 20.9 Å². The third-order valence-electron chi connectivity index (χ3n) is 10.1. The Kier molecular flexibility index (Phi) is 15.2. The summed E-state index contributed by atoms with van der Waals surface area (Å²) in [6.07, 6.45) is 11.8. The number of carbonyl (C=O) groups excluding carboxylic acids is 3. The summed E-state index contributed by atoms with van der Waals surface area (Å²) in [6.45, 7) is 6.89. The van der Waals surface area contributed by atoms with Crippen LogP contribution in [0.4, 0.5) is 0 Å². The van der Waals surface area contributed by atoms with Crippen molar-refractivity contribution in [1.29, 1.82) is 0 Å². The molecule has 0 aromatic carbocycles. The molecule has 1 saturated heterocycles. The van der Waals surface area contributed by atoms with Gasteiger partial charge in [-0.25, -0.2) is 4.98 Å². The fraction of sp³-hybridized carbons (Fsp3) is 0.829. The Morgan fingerprint density at radius 3 is 2.20 bits per heavy atom. The number of morpholine rings is 1. The summed E-state index contributed by atoms with van der Waals surface area (Å²) in [7, 11) is 0. The van der Waals surface area contributed by atoms with Crippen LogP contribution in [0.5, 0.6) is 0 Å². The van der Waals surface area contributed by atoms with E-state index in [0.717, 1.165) is 56.4 Å². The number of hydrogen-bond acceptors (Lipinski definition) is 8. The maximum Gasteiger partial charge on any atom is 0.242 e. The Morgan fingerprint density at radius 2 is 1.59 bits per heavy atom. The minimum Gasteiger partial charge on any atom is -0.390 e. The smallest absolute Gasteiger partial charge is 0.242 e. The van der Waals surface area contributed by atoms with Crippen LogP contribution >= 0.6 is 11.3 Å². The summed E-state index contributed by atoms with van der Waals surface area (Å²) in [5.41, 5.74) is 0. The van der Waals surface area contributed by atoms with Gasteiger partial charge in [0.2, 0.25) is 17.7 Å². The number of aliphatic hydroxyl groups excluding tert-OH is 2. The fourth-order valence-electron chi connectivity index (χ4n) is 7.49. The maximum absolute atomic E-state index is 14.1. The second-order valence-corrected chi connectivity index (χ2v) is 15.2. The lowest BCUT2D eigenvalue weighted by Crippen LogP contribution is -2.52. The minimum absolute atomic E-state index is 0.00287. The molecule has 10 nitrogen and oxygen atoms in total.